The van der Waals surface area contributed by atoms with E-state index >= 15 is 0 Å². The van der Waals surface area contributed by atoms with Crippen molar-refractivity contribution in [2.75, 3.05) is 4.90 Å². The quantitative estimate of drug-likeness (QED) is 0.872. The number of aromatic nitrogens is 2. The molecule has 1 amide bonds. The molecule has 0 aliphatic heterocycles. The highest BCUT2D eigenvalue weighted by Gasteiger charge is 2.20. The third kappa shape index (κ3) is 2.82. The third-order valence-electron chi connectivity index (χ3n) is 3.08. The van der Waals surface area contributed by atoms with Crippen molar-refractivity contribution >= 4 is 23.2 Å². The van der Waals surface area contributed by atoms with Crippen LogP contribution in [-0.2, 0) is 11.3 Å². The summed E-state index contributed by atoms with van der Waals surface area (Å²) in [5, 5.41) is 4.36. The molecule has 0 saturated carbocycles. The second kappa shape index (κ2) is 5.63. The normalized spacial score (nSPS) is 10.7. The molecule has 6 heteroatoms. The van der Waals surface area contributed by atoms with Gasteiger partial charge in [-0.1, -0.05) is 22.8 Å². The summed E-state index contributed by atoms with van der Waals surface area (Å²) in [4.78, 5) is 17.7. The molecule has 0 unspecified atom stereocenters. The van der Waals surface area contributed by atoms with Crippen LogP contribution in [0.1, 0.15) is 29.8 Å². The van der Waals surface area contributed by atoms with Gasteiger partial charge in [0.1, 0.15) is 6.54 Å². The van der Waals surface area contributed by atoms with Crippen LogP contribution in [-0.4, -0.2) is 16.0 Å². The molecule has 0 saturated heterocycles. The molecule has 0 radical (unpaired) electrons. The van der Waals surface area contributed by atoms with Crippen molar-refractivity contribution in [3.63, 3.8) is 0 Å². The summed E-state index contributed by atoms with van der Waals surface area (Å²) in [7, 11) is 0. The zero-order valence-electron chi connectivity index (χ0n) is 11.9. The van der Waals surface area contributed by atoms with Gasteiger partial charge >= 0.3 is 0 Å². The molecule has 1 aromatic heterocycles. The average molecular weight is 294 g/mol. The van der Waals surface area contributed by atoms with E-state index in [2.05, 4.69) is 10.1 Å². The summed E-state index contributed by atoms with van der Waals surface area (Å²) in [5.74, 6) is 0.842. The number of hydrogen-bond acceptors (Lipinski definition) is 4. The summed E-state index contributed by atoms with van der Waals surface area (Å²) in [6.45, 7) is 7.30. The first-order chi connectivity index (χ1) is 9.40. The lowest BCUT2D eigenvalue weighted by atomic mass is 10.1. The molecular weight excluding hydrogens is 278 g/mol. The summed E-state index contributed by atoms with van der Waals surface area (Å²) >= 11 is 6.15. The largest absolute Gasteiger partial charge is 0.337 e. The lowest BCUT2D eigenvalue weighted by Gasteiger charge is -2.24. The van der Waals surface area contributed by atoms with Gasteiger partial charge in [0, 0.05) is 11.9 Å². The van der Waals surface area contributed by atoms with E-state index in [4.69, 9.17) is 16.1 Å². The smallest absolute Gasteiger partial charge is 0.246 e. The van der Waals surface area contributed by atoms with Gasteiger partial charge in [-0.15, -0.1) is 0 Å². The Labute approximate surface area is 122 Å². The highest BCUT2D eigenvalue weighted by molar-refractivity contribution is 6.31. The molecule has 0 fully saturated rings. The maximum Gasteiger partial charge on any atom is 0.246 e. The van der Waals surface area contributed by atoms with Crippen molar-refractivity contribution in [1.82, 2.24) is 10.1 Å². The molecule has 5 nitrogen and oxygen atoms in total. The fraction of sp³-hybridized carbons (Fsp3) is 0.357. The van der Waals surface area contributed by atoms with Crippen LogP contribution in [0.2, 0.25) is 5.02 Å². The van der Waals surface area contributed by atoms with Crippen LogP contribution in [0, 0.1) is 20.8 Å². The Balaban J connectivity index is 2.44. The minimum atomic E-state index is -0.102. The Morgan fingerprint density at radius 1 is 1.35 bits per heavy atom. The zero-order chi connectivity index (χ0) is 14.9. The van der Waals surface area contributed by atoms with Gasteiger partial charge in [0.15, 0.2) is 5.82 Å². The predicted molar refractivity (Wildman–Crippen MR) is 76.8 cm³/mol. The SMILES string of the molecule is CC(=O)N(Cc1nc(C)no1)c1c(C)ccc(Cl)c1C. The van der Waals surface area contributed by atoms with E-state index in [1.165, 1.54) is 6.92 Å². The van der Waals surface area contributed by atoms with E-state index in [1.54, 1.807) is 11.8 Å². The molecule has 0 bridgehead atoms. The highest BCUT2D eigenvalue weighted by Crippen LogP contribution is 2.31. The first-order valence-electron chi connectivity index (χ1n) is 6.23. The maximum atomic E-state index is 12.0. The predicted octanol–water partition coefficient (Wildman–Crippen LogP) is 3.20. The number of benzene rings is 1. The number of rotatable bonds is 3. The summed E-state index contributed by atoms with van der Waals surface area (Å²) in [5.41, 5.74) is 2.62. The first-order valence-corrected chi connectivity index (χ1v) is 6.61. The molecule has 2 rings (SSSR count). The van der Waals surface area contributed by atoms with E-state index < -0.39 is 0 Å². The first kappa shape index (κ1) is 14.5. The van der Waals surface area contributed by atoms with Gasteiger partial charge in [-0.3, -0.25) is 4.79 Å². The Morgan fingerprint density at radius 3 is 2.60 bits per heavy atom. The fourth-order valence-corrected chi connectivity index (χ4v) is 2.27. The molecule has 106 valence electrons. The van der Waals surface area contributed by atoms with Gasteiger partial charge in [0.05, 0.1) is 5.69 Å². The van der Waals surface area contributed by atoms with Gasteiger partial charge in [-0.25, -0.2) is 0 Å². The van der Waals surface area contributed by atoms with E-state index in [-0.39, 0.29) is 12.5 Å². The van der Waals surface area contributed by atoms with Gasteiger partial charge in [-0.2, -0.15) is 4.98 Å². The second-order valence-electron chi connectivity index (χ2n) is 4.68. The van der Waals surface area contributed by atoms with Crippen LogP contribution < -0.4 is 4.90 Å². The van der Waals surface area contributed by atoms with Gasteiger partial charge in [-0.05, 0) is 38.0 Å². The molecule has 2 aromatic rings. The number of hydrogen-bond donors (Lipinski definition) is 0. The molecule has 0 N–H and O–H groups in total. The molecule has 1 aromatic carbocycles. The molecular formula is C14H16ClN3O2. The lowest BCUT2D eigenvalue weighted by Crippen LogP contribution is -2.29. The van der Waals surface area contributed by atoms with Gasteiger partial charge in [0.25, 0.3) is 0 Å². The highest BCUT2D eigenvalue weighted by atomic mass is 35.5. The fourth-order valence-electron chi connectivity index (χ4n) is 2.11. The van der Waals surface area contributed by atoms with E-state index in [1.807, 2.05) is 26.0 Å². The zero-order valence-corrected chi connectivity index (χ0v) is 12.7. The van der Waals surface area contributed by atoms with Crippen LogP contribution in [0.3, 0.4) is 0 Å². The van der Waals surface area contributed by atoms with Crippen molar-refractivity contribution in [1.29, 1.82) is 0 Å². The van der Waals surface area contributed by atoms with Gasteiger partial charge < -0.3 is 9.42 Å². The van der Waals surface area contributed by atoms with E-state index in [0.29, 0.717) is 16.7 Å². The van der Waals surface area contributed by atoms with Crippen LogP contribution in [0.4, 0.5) is 5.69 Å². The molecule has 1 heterocycles. The van der Waals surface area contributed by atoms with Crippen molar-refractivity contribution in [2.24, 2.45) is 0 Å². The summed E-state index contributed by atoms with van der Waals surface area (Å²) in [6, 6.07) is 3.71. The number of nitrogens with zero attached hydrogens (tertiary/aromatic N) is 3. The number of amides is 1. The van der Waals surface area contributed by atoms with Crippen molar-refractivity contribution in [2.45, 2.75) is 34.2 Å². The van der Waals surface area contributed by atoms with E-state index in [9.17, 15) is 4.79 Å². The Kier molecular flexibility index (Phi) is 4.09. The topological polar surface area (TPSA) is 59.2 Å². The number of carbonyl (C=O) groups is 1. The Morgan fingerprint density at radius 2 is 2.05 bits per heavy atom. The van der Waals surface area contributed by atoms with Crippen molar-refractivity contribution < 1.29 is 9.32 Å². The monoisotopic (exact) mass is 293 g/mol. The number of anilines is 1. The standard InChI is InChI=1S/C14H16ClN3O2/c1-8-5-6-12(15)9(2)14(8)18(11(4)19)7-13-16-10(3)17-20-13/h5-6H,7H2,1-4H3. The minimum Gasteiger partial charge on any atom is -0.337 e. The summed E-state index contributed by atoms with van der Waals surface area (Å²) in [6.07, 6.45) is 0. The third-order valence-corrected chi connectivity index (χ3v) is 3.49. The van der Waals surface area contributed by atoms with Crippen molar-refractivity contribution in [3.05, 3.63) is 40.0 Å². The van der Waals surface area contributed by atoms with Crippen LogP contribution >= 0.6 is 11.6 Å². The number of carbonyl (C=O) groups excluding carboxylic acids is 1. The Bertz CT molecular complexity index is 652. The Hall–Kier alpha value is -1.88. The molecule has 0 aliphatic carbocycles. The van der Waals surface area contributed by atoms with Crippen LogP contribution in [0.15, 0.2) is 16.7 Å². The maximum absolute atomic E-state index is 12.0. The minimum absolute atomic E-state index is 0.102. The lowest BCUT2D eigenvalue weighted by molar-refractivity contribution is -0.116. The van der Waals surface area contributed by atoms with Gasteiger partial charge in [0.2, 0.25) is 11.8 Å². The van der Waals surface area contributed by atoms with Crippen LogP contribution in [0.25, 0.3) is 0 Å². The summed E-state index contributed by atoms with van der Waals surface area (Å²) < 4.78 is 5.09. The molecule has 0 atom stereocenters. The second-order valence-corrected chi connectivity index (χ2v) is 5.09. The molecule has 0 aliphatic rings. The van der Waals surface area contributed by atoms with E-state index in [0.717, 1.165) is 16.8 Å². The molecule has 0 spiro atoms. The average Bonchev–Trinajstić information content (AvgIpc) is 2.78. The van der Waals surface area contributed by atoms with Crippen molar-refractivity contribution in [3.8, 4) is 0 Å². The number of aryl methyl sites for hydroxylation is 2. The number of halogens is 1. The van der Waals surface area contributed by atoms with Crippen LogP contribution in [0.5, 0.6) is 0 Å². The molecule has 20 heavy (non-hydrogen) atoms.